The number of nitrogens with one attached hydrogen (secondary N) is 2. The van der Waals surface area contributed by atoms with Crippen LogP contribution in [0.5, 0.6) is 0 Å². The summed E-state index contributed by atoms with van der Waals surface area (Å²) in [5.74, 6) is 1.58. The molecule has 0 spiro atoms. The molecule has 0 amide bonds. The zero-order chi connectivity index (χ0) is 15.5. The summed E-state index contributed by atoms with van der Waals surface area (Å²) in [6.07, 6.45) is 5.29. The molecule has 21 heavy (non-hydrogen) atoms. The van der Waals surface area contributed by atoms with E-state index in [4.69, 9.17) is 0 Å². The van der Waals surface area contributed by atoms with Crippen LogP contribution in [0.3, 0.4) is 0 Å². The van der Waals surface area contributed by atoms with Gasteiger partial charge in [0.2, 0.25) is 0 Å². The van der Waals surface area contributed by atoms with E-state index in [0.29, 0.717) is 24.9 Å². The predicted octanol–water partition coefficient (Wildman–Crippen LogP) is 1.58. The quantitative estimate of drug-likeness (QED) is 0.809. The van der Waals surface area contributed by atoms with Crippen molar-refractivity contribution < 1.29 is 8.42 Å². The minimum Gasteiger partial charge on any atom is -0.319 e. The van der Waals surface area contributed by atoms with Crippen molar-refractivity contribution in [1.29, 1.82) is 0 Å². The maximum atomic E-state index is 12.6. The molecule has 2 aliphatic rings. The van der Waals surface area contributed by atoms with Gasteiger partial charge in [-0.15, -0.1) is 0 Å². The van der Waals surface area contributed by atoms with E-state index in [1.54, 1.807) is 4.31 Å². The lowest BCUT2D eigenvalue weighted by Crippen LogP contribution is -2.52. The van der Waals surface area contributed by atoms with Gasteiger partial charge in [0.05, 0.1) is 0 Å². The van der Waals surface area contributed by atoms with Crippen LogP contribution in [0.1, 0.15) is 46.0 Å². The fraction of sp³-hybridized carbons (Fsp3) is 1.00. The Morgan fingerprint density at radius 3 is 2.62 bits per heavy atom. The summed E-state index contributed by atoms with van der Waals surface area (Å²) in [6, 6.07) is 0.107. The van der Waals surface area contributed by atoms with Gasteiger partial charge in [0.25, 0.3) is 10.2 Å². The van der Waals surface area contributed by atoms with E-state index >= 15 is 0 Å². The Bertz CT molecular complexity index is 425. The lowest BCUT2D eigenvalue weighted by molar-refractivity contribution is 0.232. The van der Waals surface area contributed by atoms with Crippen molar-refractivity contribution in [2.24, 2.45) is 17.8 Å². The Balaban J connectivity index is 1.94. The highest BCUT2D eigenvalue weighted by Gasteiger charge is 2.33. The lowest BCUT2D eigenvalue weighted by atomic mass is 9.80. The second-order valence-electron chi connectivity index (χ2n) is 7.05. The molecular weight excluding hydrogens is 286 g/mol. The smallest absolute Gasteiger partial charge is 0.279 e. The molecule has 1 aliphatic heterocycles. The van der Waals surface area contributed by atoms with Gasteiger partial charge in [0.15, 0.2) is 0 Å². The van der Waals surface area contributed by atoms with Crippen molar-refractivity contribution >= 4 is 10.2 Å². The first-order chi connectivity index (χ1) is 9.92. The van der Waals surface area contributed by atoms with Gasteiger partial charge in [-0.05, 0) is 63.5 Å². The van der Waals surface area contributed by atoms with E-state index in [1.807, 2.05) is 7.05 Å². The monoisotopic (exact) mass is 317 g/mol. The molecular formula is C15H31N3O2S. The SMILES string of the molecule is CNCC1CCCN(S(=O)(=O)NC2CCC(C)CC2C)C1. The number of hydrogen-bond donors (Lipinski definition) is 2. The molecule has 2 rings (SSSR count). The van der Waals surface area contributed by atoms with Crippen molar-refractivity contribution in [2.45, 2.75) is 52.0 Å². The standard InChI is InChI=1S/C15H31N3O2S/c1-12-6-7-15(13(2)9-12)17-21(19,20)18-8-4-5-14(11-18)10-16-3/h12-17H,4-11H2,1-3H3. The molecule has 2 N–H and O–H groups in total. The van der Waals surface area contributed by atoms with E-state index in [9.17, 15) is 8.42 Å². The van der Waals surface area contributed by atoms with E-state index in [0.717, 1.165) is 44.6 Å². The number of hydrogen-bond acceptors (Lipinski definition) is 3. The molecule has 2 fully saturated rings. The third-order valence-corrected chi connectivity index (χ3v) is 6.66. The van der Waals surface area contributed by atoms with Crippen molar-refractivity contribution in [3.05, 3.63) is 0 Å². The van der Waals surface area contributed by atoms with E-state index < -0.39 is 10.2 Å². The van der Waals surface area contributed by atoms with Crippen molar-refractivity contribution in [3.8, 4) is 0 Å². The molecule has 124 valence electrons. The summed E-state index contributed by atoms with van der Waals surface area (Å²) in [5.41, 5.74) is 0. The molecule has 0 aromatic heterocycles. The molecule has 5 nitrogen and oxygen atoms in total. The predicted molar refractivity (Wildman–Crippen MR) is 86.2 cm³/mol. The van der Waals surface area contributed by atoms with Gasteiger partial charge in [-0.3, -0.25) is 0 Å². The Hall–Kier alpha value is -0.170. The average molecular weight is 317 g/mol. The van der Waals surface area contributed by atoms with Crippen LogP contribution in [-0.2, 0) is 10.2 Å². The van der Waals surface area contributed by atoms with Crippen LogP contribution in [0.25, 0.3) is 0 Å². The van der Waals surface area contributed by atoms with Gasteiger partial charge < -0.3 is 5.32 Å². The fourth-order valence-electron chi connectivity index (χ4n) is 3.81. The van der Waals surface area contributed by atoms with Crippen LogP contribution in [0.4, 0.5) is 0 Å². The molecule has 0 aromatic carbocycles. The molecule has 1 saturated carbocycles. The molecule has 4 unspecified atom stereocenters. The molecule has 0 radical (unpaired) electrons. The van der Waals surface area contributed by atoms with Gasteiger partial charge in [-0.25, -0.2) is 0 Å². The second-order valence-corrected chi connectivity index (χ2v) is 8.75. The summed E-state index contributed by atoms with van der Waals surface area (Å²) in [4.78, 5) is 0. The number of piperidine rings is 1. The number of nitrogens with zero attached hydrogens (tertiary/aromatic N) is 1. The fourth-order valence-corrected chi connectivity index (χ4v) is 5.47. The van der Waals surface area contributed by atoms with Crippen LogP contribution in [0, 0.1) is 17.8 Å². The lowest BCUT2D eigenvalue weighted by Gasteiger charge is -2.36. The van der Waals surface area contributed by atoms with Crippen molar-refractivity contribution in [3.63, 3.8) is 0 Å². The molecule has 1 saturated heterocycles. The number of rotatable bonds is 5. The zero-order valence-electron chi connectivity index (χ0n) is 13.6. The van der Waals surface area contributed by atoms with Gasteiger partial charge in [0, 0.05) is 19.1 Å². The highest BCUT2D eigenvalue weighted by Crippen LogP contribution is 2.29. The topological polar surface area (TPSA) is 61.4 Å². The zero-order valence-corrected chi connectivity index (χ0v) is 14.5. The van der Waals surface area contributed by atoms with Gasteiger partial charge in [0.1, 0.15) is 0 Å². The summed E-state index contributed by atoms with van der Waals surface area (Å²) in [6.45, 7) is 6.63. The van der Waals surface area contributed by atoms with Gasteiger partial charge in [-0.1, -0.05) is 13.8 Å². The Labute approximate surface area is 130 Å². The molecule has 0 aromatic rings. The Kier molecular flexibility index (Phi) is 6.05. The van der Waals surface area contributed by atoms with Gasteiger partial charge in [-0.2, -0.15) is 17.4 Å². The molecule has 0 bridgehead atoms. The maximum absolute atomic E-state index is 12.6. The van der Waals surface area contributed by atoms with Crippen LogP contribution >= 0.6 is 0 Å². The first kappa shape index (κ1) is 17.2. The normalized spacial score (nSPS) is 35.8. The van der Waals surface area contributed by atoms with Crippen LogP contribution in [0.2, 0.25) is 0 Å². The van der Waals surface area contributed by atoms with E-state index in [1.165, 1.54) is 0 Å². The minimum absolute atomic E-state index is 0.107. The van der Waals surface area contributed by atoms with Crippen LogP contribution in [0.15, 0.2) is 0 Å². The summed E-state index contributed by atoms with van der Waals surface area (Å²) >= 11 is 0. The average Bonchev–Trinajstić information content (AvgIpc) is 2.43. The first-order valence-electron chi connectivity index (χ1n) is 8.34. The third-order valence-electron chi connectivity index (χ3n) is 5.05. The Morgan fingerprint density at radius 1 is 1.19 bits per heavy atom. The molecule has 1 aliphatic carbocycles. The maximum Gasteiger partial charge on any atom is 0.279 e. The van der Waals surface area contributed by atoms with Crippen molar-refractivity contribution in [1.82, 2.24) is 14.3 Å². The first-order valence-corrected chi connectivity index (χ1v) is 9.78. The van der Waals surface area contributed by atoms with E-state index in [2.05, 4.69) is 23.9 Å². The second kappa shape index (κ2) is 7.40. The van der Waals surface area contributed by atoms with Gasteiger partial charge >= 0.3 is 0 Å². The van der Waals surface area contributed by atoms with Crippen LogP contribution < -0.4 is 10.0 Å². The highest BCUT2D eigenvalue weighted by molar-refractivity contribution is 7.87. The van der Waals surface area contributed by atoms with Crippen molar-refractivity contribution in [2.75, 3.05) is 26.7 Å². The molecule has 4 atom stereocenters. The minimum atomic E-state index is -3.33. The highest BCUT2D eigenvalue weighted by atomic mass is 32.2. The summed E-state index contributed by atoms with van der Waals surface area (Å²) < 4.78 is 29.9. The van der Waals surface area contributed by atoms with Crippen LogP contribution in [-0.4, -0.2) is 45.4 Å². The molecule has 1 heterocycles. The summed E-state index contributed by atoms with van der Waals surface area (Å²) in [7, 11) is -1.40. The molecule has 6 heteroatoms. The third kappa shape index (κ3) is 4.65. The largest absolute Gasteiger partial charge is 0.319 e. The Morgan fingerprint density at radius 2 is 1.95 bits per heavy atom. The summed E-state index contributed by atoms with van der Waals surface area (Å²) in [5, 5.41) is 3.16. The van der Waals surface area contributed by atoms with E-state index in [-0.39, 0.29) is 6.04 Å².